The minimum atomic E-state index is -0.148. The molecule has 0 bridgehead atoms. The number of carbonyl (C=O) groups excluding carboxylic acids is 2. The molecule has 0 aliphatic carbocycles. The summed E-state index contributed by atoms with van der Waals surface area (Å²) in [7, 11) is 3.98. The fourth-order valence-electron chi connectivity index (χ4n) is 2.88. The van der Waals surface area contributed by atoms with E-state index in [1.54, 1.807) is 0 Å². The normalized spacial score (nSPS) is 25.0. The van der Waals surface area contributed by atoms with E-state index in [4.69, 9.17) is 0 Å². The lowest BCUT2D eigenvalue weighted by Crippen LogP contribution is -2.54. The summed E-state index contributed by atoms with van der Waals surface area (Å²) in [6.07, 6.45) is 0.378. The Morgan fingerprint density at radius 2 is 2.05 bits per heavy atom. The lowest BCUT2D eigenvalue weighted by atomic mass is 10.1. The number of nitrogens with one attached hydrogen (secondary N) is 1. The van der Waals surface area contributed by atoms with Crippen molar-refractivity contribution < 1.29 is 9.59 Å². The van der Waals surface area contributed by atoms with Crippen molar-refractivity contribution in [2.24, 2.45) is 5.92 Å². The van der Waals surface area contributed by atoms with E-state index >= 15 is 0 Å². The van der Waals surface area contributed by atoms with Crippen LogP contribution in [0.5, 0.6) is 0 Å². The SMILES string of the molecule is C[C@@H]1CNCCN1C(=O)C1CC(=O)N(CCN(C)C)C1.Cl.Cl. The first-order valence-corrected chi connectivity index (χ1v) is 7.42. The van der Waals surface area contributed by atoms with Crippen LogP contribution in [0.15, 0.2) is 0 Å². The third-order valence-electron chi connectivity index (χ3n) is 4.17. The monoisotopic (exact) mass is 354 g/mol. The highest BCUT2D eigenvalue weighted by Gasteiger charge is 2.37. The van der Waals surface area contributed by atoms with Crippen LogP contribution < -0.4 is 5.32 Å². The quantitative estimate of drug-likeness (QED) is 0.775. The number of rotatable bonds is 4. The highest BCUT2D eigenvalue weighted by atomic mass is 35.5. The number of likely N-dealkylation sites (tertiary alicyclic amines) is 1. The number of carbonyl (C=O) groups is 2. The summed E-state index contributed by atoms with van der Waals surface area (Å²) in [5.41, 5.74) is 0. The third kappa shape index (κ3) is 5.26. The average Bonchev–Trinajstić information content (AvgIpc) is 2.77. The van der Waals surface area contributed by atoms with Gasteiger partial charge in [-0.05, 0) is 21.0 Å². The molecule has 1 unspecified atom stereocenters. The predicted molar refractivity (Wildman–Crippen MR) is 91.8 cm³/mol. The molecule has 0 aromatic heterocycles. The van der Waals surface area contributed by atoms with Crippen molar-refractivity contribution in [2.75, 3.05) is 53.4 Å². The summed E-state index contributed by atoms with van der Waals surface area (Å²) in [5, 5.41) is 3.28. The van der Waals surface area contributed by atoms with Crippen molar-refractivity contribution in [3.63, 3.8) is 0 Å². The van der Waals surface area contributed by atoms with E-state index in [2.05, 4.69) is 17.1 Å². The molecule has 130 valence electrons. The van der Waals surface area contributed by atoms with Crippen molar-refractivity contribution in [1.82, 2.24) is 20.0 Å². The van der Waals surface area contributed by atoms with Crippen LogP contribution >= 0.6 is 24.8 Å². The van der Waals surface area contributed by atoms with Gasteiger partial charge >= 0.3 is 0 Å². The second-order valence-corrected chi connectivity index (χ2v) is 6.13. The van der Waals surface area contributed by atoms with E-state index in [-0.39, 0.29) is 48.6 Å². The average molecular weight is 355 g/mol. The Hall–Kier alpha value is -0.560. The number of nitrogens with zero attached hydrogens (tertiary/aromatic N) is 3. The van der Waals surface area contributed by atoms with Gasteiger partial charge in [-0.25, -0.2) is 0 Å². The summed E-state index contributed by atoms with van der Waals surface area (Å²) in [4.78, 5) is 30.4. The van der Waals surface area contributed by atoms with Crippen LogP contribution in [0.3, 0.4) is 0 Å². The molecule has 2 saturated heterocycles. The van der Waals surface area contributed by atoms with Gasteiger partial charge in [-0.1, -0.05) is 0 Å². The molecule has 0 aromatic carbocycles. The Morgan fingerprint density at radius 1 is 1.36 bits per heavy atom. The molecular weight excluding hydrogens is 327 g/mol. The van der Waals surface area contributed by atoms with Crippen LogP contribution in [0.25, 0.3) is 0 Å². The van der Waals surface area contributed by atoms with Crippen LogP contribution in [0.4, 0.5) is 0 Å². The maximum Gasteiger partial charge on any atom is 0.228 e. The van der Waals surface area contributed by atoms with Gasteiger partial charge in [-0.3, -0.25) is 9.59 Å². The fraction of sp³-hybridized carbons (Fsp3) is 0.857. The summed E-state index contributed by atoms with van der Waals surface area (Å²) in [6, 6.07) is 0.224. The number of piperazine rings is 1. The van der Waals surface area contributed by atoms with Gasteiger partial charge in [0.2, 0.25) is 11.8 Å². The minimum absolute atomic E-state index is 0. The van der Waals surface area contributed by atoms with E-state index in [1.165, 1.54) is 0 Å². The van der Waals surface area contributed by atoms with Gasteiger partial charge in [0.15, 0.2) is 0 Å². The van der Waals surface area contributed by atoms with Gasteiger partial charge in [0.25, 0.3) is 0 Å². The molecule has 2 atom stereocenters. The van der Waals surface area contributed by atoms with Crippen LogP contribution in [-0.2, 0) is 9.59 Å². The number of hydrogen-bond donors (Lipinski definition) is 1. The summed E-state index contributed by atoms with van der Waals surface area (Å²) >= 11 is 0. The Morgan fingerprint density at radius 3 is 2.64 bits per heavy atom. The van der Waals surface area contributed by atoms with E-state index in [0.29, 0.717) is 19.5 Å². The second-order valence-electron chi connectivity index (χ2n) is 6.13. The Kier molecular flexibility index (Phi) is 9.31. The number of hydrogen-bond acceptors (Lipinski definition) is 4. The number of amides is 2. The number of likely N-dealkylation sites (N-methyl/N-ethyl adjacent to an activating group) is 1. The molecule has 2 heterocycles. The first-order valence-electron chi connectivity index (χ1n) is 7.42. The van der Waals surface area contributed by atoms with Crippen LogP contribution in [-0.4, -0.2) is 85.9 Å². The lowest BCUT2D eigenvalue weighted by Gasteiger charge is -2.35. The molecule has 2 aliphatic heterocycles. The van der Waals surface area contributed by atoms with Gasteiger partial charge < -0.3 is 20.0 Å². The molecule has 6 nitrogen and oxygen atoms in total. The van der Waals surface area contributed by atoms with Crippen LogP contribution in [0.2, 0.25) is 0 Å². The molecular formula is C14H28Cl2N4O2. The Balaban J connectivity index is 0.00000220. The molecule has 8 heteroatoms. The van der Waals surface area contributed by atoms with Crippen LogP contribution in [0, 0.1) is 5.92 Å². The minimum Gasteiger partial charge on any atom is -0.341 e. The molecule has 0 saturated carbocycles. The lowest BCUT2D eigenvalue weighted by molar-refractivity contribution is -0.138. The largest absolute Gasteiger partial charge is 0.341 e. The van der Waals surface area contributed by atoms with Gasteiger partial charge in [0.05, 0.1) is 5.92 Å². The first kappa shape index (κ1) is 21.4. The van der Waals surface area contributed by atoms with Crippen LogP contribution in [0.1, 0.15) is 13.3 Å². The van der Waals surface area contributed by atoms with E-state index in [0.717, 1.165) is 26.2 Å². The predicted octanol–water partition coefficient (Wildman–Crippen LogP) is 0.0604. The molecule has 1 N–H and O–H groups in total. The summed E-state index contributed by atoms with van der Waals surface area (Å²) in [6.45, 7) is 6.65. The topological polar surface area (TPSA) is 55.9 Å². The highest BCUT2D eigenvalue weighted by Crippen LogP contribution is 2.21. The zero-order chi connectivity index (χ0) is 14.7. The van der Waals surface area contributed by atoms with E-state index in [9.17, 15) is 9.59 Å². The molecule has 2 aliphatic rings. The maximum atomic E-state index is 12.5. The molecule has 0 radical (unpaired) electrons. The highest BCUT2D eigenvalue weighted by molar-refractivity contribution is 5.89. The van der Waals surface area contributed by atoms with Crippen molar-refractivity contribution in [1.29, 1.82) is 0 Å². The zero-order valence-corrected chi connectivity index (χ0v) is 15.2. The van der Waals surface area contributed by atoms with E-state index < -0.39 is 0 Å². The van der Waals surface area contributed by atoms with Gasteiger partial charge in [0.1, 0.15) is 0 Å². The summed E-state index contributed by atoms with van der Waals surface area (Å²) < 4.78 is 0. The molecule has 2 rings (SSSR count). The van der Waals surface area contributed by atoms with Crippen molar-refractivity contribution >= 4 is 36.6 Å². The Labute approximate surface area is 145 Å². The molecule has 0 spiro atoms. The molecule has 2 amide bonds. The van der Waals surface area contributed by atoms with Crippen molar-refractivity contribution in [3.8, 4) is 0 Å². The summed E-state index contributed by atoms with van der Waals surface area (Å²) in [5.74, 6) is 0.123. The Bertz CT molecular complexity index is 382. The maximum absolute atomic E-state index is 12.5. The first-order chi connectivity index (χ1) is 9.49. The number of halogens is 2. The smallest absolute Gasteiger partial charge is 0.228 e. The third-order valence-corrected chi connectivity index (χ3v) is 4.17. The van der Waals surface area contributed by atoms with Crippen molar-refractivity contribution in [3.05, 3.63) is 0 Å². The molecule has 2 fully saturated rings. The molecule has 22 heavy (non-hydrogen) atoms. The van der Waals surface area contributed by atoms with Gasteiger partial charge in [-0.15, -0.1) is 24.8 Å². The van der Waals surface area contributed by atoms with Crippen molar-refractivity contribution in [2.45, 2.75) is 19.4 Å². The molecule has 0 aromatic rings. The van der Waals surface area contributed by atoms with Gasteiger partial charge in [0, 0.05) is 51.7 Å². The van der Waals surface area contributed by atoms with E-state index in [1.807, 2.05) is 23.9 Å². The second kappa shape index (κ2) is 9.55. The van der Waals surface area contributed by atoms with Gasteiger partial charge in [-0.2, -0.15) is 0 Å². The standard InChI is InChI=1S/C14H26N4O2.2ClH/c1-11-9-15-4-5-18(11)14(20)12-8-13(19)17(10-12)7-6-16(2)3;;/h11-12,15H,4-10H2,1-3H3;2*1H/t11-,12?;;/m1../s1. The zero-order valence-electron chi connectivity index (χ0n) is 13.6. The fourth-order valence-corrected chi connectivity index (χ4v) is 2.88.